The van der Waals surface area contributed by atoms with Gasteiger partial charge in [-0.25, -0.2) is 17.2 Å². The van der Waals surface area contributed by atoms with Crippen molar-refractivity contribution in [2.45, 2.75) is 6.54 Å². The molecule has 0 spiro atoms. The van der Waals surface area contributed by atoms with Crippen molar-refractivity contribution >= 4 is 15.9 Å². The summed E-state index contributed by atoms with van der Waals surface area (Å²) in [5, 5.41) is 2.55. The van der Waals surface area contributed by atoms with Crippen LogP contribution in [0.2, 0.25) is 0 Å². The van der Waals surface area contributed by atoms with Gasteiger partial charge in [0.1, 0.15) is 11.6 Å². The number of rotatable bonds is 7. The van der Waals surface area contributed by atoms with Crippen LogP contribution in [0.15, 0.2) is 48.5 Å². The molecule has 0 aliphatic carbocycles. The van der Waals surface area contributed by atoms with E-state index in [1.54, 1.807) is 0 Å². The van der Waals surface area contributed by atoms with Gasteiger partial charge in [0.15, 0.2) is 0 Å². The van der Waals surface area contributed by atoms with Crippen LogP contribution in [-0.2, 0) is 16.6 Å². The van der Waals surface area contributed by atoms with E-state index >= 15 is 0 Å². The van der Waals surface area contributed by atoms with Crippen LogP contribution >= 0.6 is 0 Å². The molecular weight excluding hydrogens is 350 g/mol. The van der Waals surface area contributed by atoms with Crippen molar-refractivity contribution in [3.63, 3.8) is 0 Å². The molecule has 1 amide bonds. The molecule has 1 N–H and O–H groups in total. The fraction of sp³-hybridized carbons (Fsp3) is 0.235. The maximum atomic E-state index is 13.1. The molecule has 0 aliphatic heterocycles. The van der Waals surface area contributed by atoms with Crippen molar-refractivity contribution in [3.05, 3.63) is 71.3 Å². The van der Waals surface area contributed by atoms with Gasteiger partial charge < -0.3 is 5.32 Å². The van der Waals surface area contributed by atoms with Crippen molar-refractivity contribution in [1.82, 2.24) is 9.62 Å². The second-order valence-corrected chi connectivity index (χ2v) is 7.47. The molecule has 0 aliphatic rings. The Hall–Kier alpha value is -2.32. The number of hydrogen-bond acceptors (Lipinski definition) is 3. The summed E-state index contributed by atoms with van der Waals surface area (Å²) < 4.78 is 51.0. The van der Waals surface area contributed by atoms with Crippen LogP contribution in [0.25, 0.3) is 0 Å². The molecule has 0 atom stereocenters. The van der Waals surface area contributed by atoms with E-state index in [-0.39, 0.29) is 25.2 Å². The van der Waals surface area contributed by atoms with Crippen LogP contribution in [0.5, 0.6) is 0 Å². The minimum Gasteiger partial charge on any atom is -0.351 e. The number of amides is 1. The van der Waals surface area contributed by atoms with Crippen molar-refractivity contribution in [2.24, 2.45) is 0 Å². The summed E-state index contributed by atoms with van der Waals surface area (Å²) in [4.78, 5) is 11.9. The zero-order chi connectivity index (χ0) is 18.4. The molecule has 5 nitrogen and oxygen atoms in total. The van der Waals surface area contributed by atoms with Crippen molar-refractivity contribution in [3.8, 4) is 0 Å². The molecular formula is C17H18F2N2O3S. The number of nitrogens with one attached hydrogen (secondary N) is 1. The summed E-state index contributed by atoms with van der Waals surface area (Å²) in [6, 6.07) is 10.7. The first kappa shape index (κ1) is 19.0. The van der Waals surface area contributed by atoms with Crippen LogP contribution in [0, 0.1) is 11.6 Å². The number of sulfonamides is 1. The molecule has 0 saturated heterocycles. The van der Waals surface area contributed by atoms with Gasteiger partial charge in [-0.1, -0.05) is 18.2 Å². The van der Waals surface area contributed by atoms with Crippen molar-refractivity contribution < 1.29 is 22.0 Å². The van der Waals surface area contributed by atoms with Crippen molar-refractivity contribution in [1.29, 1.82) is 0 Å². The van der Waals surface area contributed by atoms with Gasteiger partial charge in [-0.3, -0.25) is 4.79 Å². The van der Waals surface area contributed by atoms with E-state index < -0.39 is 27.6 Å². The number of hydrogen-bond donors (Lipinski definition) is 1. The summed E-state index contributed by atoms with van der Waals surface area (Å²) in [6.45, 7) is 0.163. The van der Waals surface area contributed by atoms with E-state index in [0.29, 0.717) is 5.56 Å². The quantitative estimate of drug-likeness (QED) is 0.814. The first-order valence-corrected chi connectivity index (χ1v) is 9.34. The fourth-order valence-corrected chi connectivity index (χ4v) is 2.99. The van der Waals surface area contributed by atoms with Gasteiger partial charge >= 0.3 is 0 Å². The Labute approximate surface area is 145 Å². The second-order valence-electron chi connectivity index (χ2n) is 5.49. The molecule has 2 aromatic carbocycles. The third-order valence-corrected chi connectivity index (χ3v) is 4.72. The van der Waals surface area contributed by atoms with E-state index in [2.05, 4.69) is 5.32 Å². The van der Waals surface area contributed by atoms with Gasteiger partial charge in [0, 0.05) is 25.2 Å². The molecule has 0 saturated carbocycles. The average molecular weight is 368 g/mol. The first-order valence-electron chi connectivity index (χ1n) is 7.49. The number of carbonyl (C=O) groups is 1. The largest absolute Gasteiger partial charge is 0.351 e. The normalized spacial score (nSPS) is 11.5. The molecule has 0 radical (unpaired) electrons. The number of halogens is 2. The van der Waals surface area contributed by atoms with E-state index in [4.69, 9.17) is 0 Å². The Balaban J connectivity index is 1.96. The molecule has 134 valence electrons. The van der Waals surface area contributed by atoms with Crippen LogP contribution in [0.4, 0.5) is 8.78 Å². The Morgan fingerprint density at radius 2 is 1.76 bits per heavy atom. The molecule has 0 aromatic heterocycles. The summed E-state index contributed by atoms with van der Waals surface area (Å²) in [7, 11) is -3.51. The van der Waals surface area contributed by atoms with Gasteiger partial charge in [0.05, 0.1) is 6.26 Å². The lowest BCUT2D eigenvalue weighted by molar-refractivity contribution is 0.0951. The lowest BCUT2D eigenvalue weighted by Gasteiger charge is -2.20. The minimum absolute atomic E-state index is 0.0390. The molecule has 2 rings (SSSR count). The summed E-state index contributed by atoms with van der Waals surface area (Å²) in [6.07, 6.45) is 1.06. The second kappa shape index (κ2) is 8.17. The lowest BCUT2D eigenvalue weighted by atomic mass is 10.2. The SMILES string of the molecule is CS(=O)(=O)N(CCNC(=O)c1cccc(F)c1)Cc1ccc(F)cc1. The molecule has 0 unspecified atom stereocenters. The standard InChI is InChI=1S/C17H18F2N2O3S/c1-25(23,24)21(12-13-5-7-15(18)8-6-13)10-9-20-17(22)14-3-2-4-16(19)11-14/h2-8,11H,9-10,12H2,1H3,(H,20,22). The smallest absolute Gasteiger partial charge is 0.251 e. The van der Waals surface area contributed by atoms with Crippen LogP contribution in [-0.4, -0.2) is 38.0 Å². The molecule has 0 bridgehead atoms. The zero-order valence-corrected chi connectivity index (χ0v) is 14.4. The highest BCUT2D eigenvalue weighted by molar-refractivity contribution is 7.88. The summed E-state index contributed by atoms with van der Waals surface area (Å²) in [5.74, 6) is -1.42. The van der Waals surface area contributed by atoms with Gasteiger partial charge in [-0.15, -0.1) is 0 Å². The van der Waals surface area contributed by atoms with E-state index in [1.165, 1.54) is 46.8 Å². The topological polar surface area (TPSA) is 66.5 Å². The molecule has 25 heavy (non-hydrogen) atoms. The van der Waals surface area contributed by atoms with Crippen LogP contribution < -0.4 is 5.32 Å². The van der Waals surface area contributed by atoms with Gasteiger partial charge in [0.2, 0.25) is 10.0 Å². The molecule has 8 heteroatoms. The van der Waals surface area contributed by atoms with E-state index in [9.17, 15) is 22.0 Å². The fourth-order valence-electron chi connectivity index (χ4n) is 2.18. The number of carbonyl (C=O) groups excluding carboxylic acids is 1. The Morgan fingerprint density at radius 3 is 2.36 bits per heavy atom. The highest BCUT2D eigenvalue weighted by Gasteiger charge is 2.17. The van der Waals surface area contributed by atoms with E-state index in [0.717, 1.165) is 12.3 Å². The first-order chi connectivity index (χ1) is 11.8. The number of benzene rings is 2. The monoisotopic (exact) mass is 368 g/mol. The summed E-state index contributed by atoms with van der Waals surface area (Å²) >= 11 is 0. The van der Waals surface area contributed by atoms with Gasteiger partial charge in [0.25, 0.3) is 5.91 Å². The predicted octanol–water partition coefficient (Wildman–Crippen LogP) is 2.16. The molecule has 2 aromatic rings. The Morgan fingerprint density at radius 1 is 1.08 bits per heavy atom. The Bertz CT molecular complexity index is 839. The Kier molecular flexibility index (Phi) is 6.22. The van der Waals surface area contributed by atoms with Crippen LogP contribution in [0.1, 0.15) is 15.9 Å². The maximum absolute atomic E-state index is 13.1. The summed E-state index contributed by atoms with van der Waals surface area (Å²) in [5.41, 5.74) is 0.785. The third kappa shape index (κ3) is 5.91. The third-order valence-electron chi connectivity index (χ3n) is 3.47. The highest BCUT2D eigenvalue weighted by Crippen LogP contribution is 2.09. The zero-order valence-electron chi connectivity index (χ0n) is 13.6. The predicted molar refractivity (Wildman–Crippen MR) is 90.4 cm³/mol. The van der Waals surface area contributed by atoms with E-state index in [1.807, 2.05) is 0 Å². The number of nitrogens with zero attached hydrogens (tertiary/aromatic N) is 1. The van der Waals surface area contributed by atoms with Gasteiger partial charge in [-0.2, -0.15) is 4.31 Å². The maximum Gasteiger partial charge on any atom is 0.251 e. The van der Waals surface area contributed by atoms with Crippen LogP contribution in [0.3, 0.4) is 0 Å². The highest BCUT2D eigenvalue weighted by atomic mass is 32.2. The lowest BCUT2D eigenvalue weighted by Crippen LogP contribution is -2.37. The van der Waals surface area contributed by atoms with Crippen molar-refractivity contribution in [2.75, 3.05) is 19.3 Å². The minimum atomic E-state index is -3.51. The molecule has 0 heterocycles. The average Bonchev–Trinajstić information content (AvgIpc) is 2.54. The van der Waals surface area contributed by atoms with Gasteiger partial charge in [-0.05, 0) is 35.9 Å². The molecule has 0 fully saturated rings.